The third-order valence-corrected chi connectivity index (χ3v) is 6.30. The average molecular weight is 372 g/mol. The van der Waals surface area contributed by atoms with Gasteiger partial charge in [0, 0.05) is 17.7 Å². The number of carbonyl (C=O) groups is 1. The van der Waals surface area contributed by atoms with Gasteiger partial charge in [0.2, 0.25) is 5.91 Å². The Kier molecular flexibility index (Phi) is 5.05. The SMILES string of the molecule is CCc1ccc2c(c1)-c1ccccc1S(=O)(=O)N2CC(=O)NCC(C)C. The molecule has 1 aliphatic rings. The monoisotopic (exact) mass is 372 g/mol. The lowest BCUT2D eigenvalue weighted by atomic mass is 9.99. The van der Waals surface area contributed by atoms with E-state index in [4.69, 9.17) is 0 Å². The number of nitrogens with one attached hydrogen (secondary N) is 1. The highest BCUT2D eigenvalue weighted by atomic mass is 32.2. The minimum absolute atomic E-state index is 0.220. The molecule has 3 rings (SSSR count). The van der Waals surface area contributed by atoms with Crippen LogP contribution in [-0.2, 0) is 21.2 Å². The van der Waals surface area contributed by atoms with Gasteiger partial charge < -0.3 is 5.32 Å². The summed E-state index contributed by atoms with van der Waals surface area (Å²) in [7, 11) is -3.78. The third-order valence-electron chi connectivity index (χ3n) is 4.48. The van der Waals surface area contributed by atoms with Crippen molar-refractivity contribution in [1.29, 1.82) is 0 Å². The van der Waals surface area contributed by atoms with Crippen LogP contribution in [0.4, 0.5) is 5.69 Å². The van der Waals surface area contributed by atoms with Crippen LogP contribution in [0.1, 0.15) is 26.3 Å². The summed E-state index contributed by atoms with van der Waals surface area (Å²) in [5, 5.41) is 2.80. The van der Waals surface area contributed by atoms with Gasteiger partial charge in [-0.25, -0.2) is 8.42 Å². The molecule has 2 aromatic rings. The molecule has 0 unspecified atom stereocenters. The van der Waals surface area contributed by atoms with Gasteiger partial charge in [-0.1, -0.05) is 45.0 Å². The van der Waals surface area contributed by atoms with Gasteiger partial charge in [0.25, 0.3) is 10.0 Å². The van der Waals surface area contributed by atoms with E-state index < -0.39 is 10.0 Å². The molecular weight excluding hydrogens is 348 g/mol. The van der Waals surface area contributed by atoms with Crippen LogP contribution in [0.5, 0.6) is 0 Å². The van der Waals surface area contributed by atoms with Gasteiger partial charge in [-0.2, -0.15) is 0 Å². The largest absolute Gasteiger partial charge is 0.354 e. The molecular formula is C20H24N2O3S. The third kappa shape index (κ3) is 3.33. The molecule has 2 aromatic carbocycles. The maximum absolute atomic E-state index is 13.1. The second-order valence-corrected chi connectivity index (χ2v) is 8.74. The molecule has 1 aliphatic heterocycles. The van der Waals surface area contributed by atoms with E-state index in [1.54, 1.807) is 18.2 Å². The minimum atomic E-state index is -3.78. The van der Waals surface area contributed by atoms with Gasteiger partial charge >= 0.3 is 0 Å². The fraction of sp³-hybridized carbons (Fsp3) is 0.350. The summed E-state index contributed by atoms with van der Waals surface area (Å²) in [4.78, 5) is 12.6. The first-order valence-electron chi connectivity index (χ1n) is 8.86. The van der Waals surface area contributed by atoms with Gasteiger partial charge in [-0.15, -0.1) is 0 Å². The molecule has 138 valence electrons. The first kappa shape index (κ1) is 18.5. The lowest BCUT2D eigenvalue weighted by Crippen LogP contribution is -2.43. The van der Waals surface area contributed by atoms with E-state index in [-0.39, 0.29) is 17.3 Å². The molecule has 6 heteroatoms. The highest BCUT2D eigenvalue weighted by Crippen LogP contribution is 2.43. The van der Waals surface area contributed by atoms with Crippen LogP contribution in [0.15, 0.2) is 47.4 Å². The predicted octanol–water partition coefficient (Wildman–Crippen LogP) is 3.20. The zero-order chi connectivity index (χ0) is 18.9. The molecule has 0 saturated heterocycles. The average Bonchev–Trinajstić information content (AvgIpc) is 2.63. The molecule has 0 aromatic heterocycles. The fourth-order valence-corrected chi connectivity index (χ4v) is 4.72. The number of benzene rings is 2. The van der Waals surface area contributed by atoms with Crippen LogP contribution in [0.2, 0.25) is 0 Å². The summed E-state index contributed by atoms with van der Waals surface area (Å²) in [6.45, 7) is 6.35. The molecule has 1 heterocycles. The standard InChI is InChI=1S/C20H24N2O3S/c1-4-15-9-10-18-17(11-15)16-7-5-6-8-19(16)26(24,25)22(18)13-20(23)21-12-14(2)3/h5-11,14H,4,12-13H2,1-3H3,(H,21,23). The predicted molar refractivity (Wildman–Crippen MR) is 104 cm³/mol. The van der Waals surface area contributed by atoms with Crippen molar-refractivity contribution >= 4 is 21.6 Å². The van der Waals surface area contributed by atoms with E-state index in [2.05, 4.69) is 12.2 Å². The summed E-state index contributed by atoms with van der Waals surface area (Å²) in [5.74, 6) is 0.00390. The van der Waals surface area contributed by atoms with Crippen molar-refractivity contribution in [3.63, 3.8) is 0 Å². The van der Waals surface area contributed by atoms with Gasteiger partial charge in [0.1, 0.15) is 6.54 Å². The van der Waals surface area contributed by atoms with Crippen molar-refractivity contribution < 1.29 is 13.2 Å². The van der Waals surface area contributed by atoms with Gasteiger partial charge in [-0.05, 0) is 36.1 Å². The maximum Gasteiger partial charge on any atom is 0.265 e. The van der Waals surface area contributed by atoms with E-state index in [1.165, 1.54) is 4.31 Å². The molecule has 0 aliphatic carbocycles. The van der Waals surface area contributed by atoms with Gasteiger partial charge in [-0.3, -0.25) is 9.10 Å². The summed E-state index contributed by atoms with van der Waals surface area (Å²) in [6, 6.07) is 12.7. The molecule has 26 heavy (non-hydrogen) atoms. The quantitative estimate of drug-likeness (QED) is 0.876. The molecule has 0 bridgehead atoms. The van der Waals surface area contributed by atoms with E-state index in [9.17, 15) is 13.2 Å². The Morgan fingerprint density at radius 1 is 1.12 bits per heavy atom. The number of hydrogen-bond acceptors (Lipinski definition) is 3. The Morgan fingerprint density at radius 3 is 2.54 bits per heavy atom. The molecule has 1 amide bonds. The molecule has 0 radical (unpaired) electrons. The minimum Gasteiger partial charge on any atom is -0.354 e. The van der Waals surface area contributed by atoms with Crippen LogP contribution in [0, 0.1) is 5.92 Å². The van der Waals surface area contributed by atoms with Crippen molar-refractivity contribution in [3.05, 3.63) is 48.0 Å². The number of amides is 1. The second-order valence-electron chi connectivity index (χ2n) is 6.91. The molecule has 0 saturated carbocycles. The van der Waals surface area contributed by atoms with Crippen molar-refractivity contribution in [2.24, 2.45) is 5.92 Å². The topological polar surface area (TPSA) is 66.5 Å². The van der Waals surface area contributed by atoms with Crippen molar-refractivity contribution in [2.45, 2.75) is 32.1 Å². The first-order valence-corrected chi connectivity index (χ1v) is 10.3. The number of fused-ring (bicyclic) bond motifs is 3. The summed E-state index contributed by atoms with van der Waals surface area (Å²) >= 11 is 0. The summed E-state index contributed by atoms with van der Waals surface area (Å²) in [5.41, 5.74) is 3.23. The van der Waals surface area contributed by atoms with E-state index in [1.807, 2.05) is 38.1 Å². The van der Waals surface area contributed by atoms with Gasteiger partial charge in [0.05, 0.1) is 10.6 Å². The smallest absolute Gasteiger partial charge is 0.265 e. The molecule has 1 N–H and O–H groups in total. The molecule has 5 nitrogen and oxygen atoms in total. The highest BCUT2D eigenvalue weighted by Gasteiger charge is 2.35. The number of nitrogens with zero attached hydrogens (tertiary/aromatic N) is 1. The first-order chi connectivity index (χ1) is 12.3. The van der Waals surface area contributed by atoms with Crippen LogP contribution in [-0.4, -0.2) is 27.4 Å². The zero-order valence-electron chi connectivity index (χ0n) is 15.3. The molecule has 0 fully saturated rings. The Balaban J connectivity index is 2.07. The Morgan fingerprint density at radius 2 is 1.85 bits per heavy atom. The second kappa shape index (κ2) is 7.11. The van der Waals surface area contributed by atoms with Crippen molar-refractivity contribution in [2.75, 3.05) is 17.4 Å². The van der Waals surface area contributed by atoms with E-state index >= 15 is 0 Å². The number of aryl methyl sites for hydroxylation is 1. The van der Waals surface area contributed by atoms with Crippen LogP contribution >= 0.6 is 0 Å². The summed E-state index contributed by atoms with van der Waals surface area (Å²) < 4.78 is 27.5. The summed E-state index contributed by atoms with van der Waals surface area (Å²) in [6.07, 6.45) is 0.858. The Bertz CT molecular complexity index is 936. The van der Waals surface area contributed by atoms with Crippen LogP contribution in [0.25, 0.3) is 11.1 Å². The Hall–Kier alpha value is -2.34. The number of sulfonamides is 1. The van der Waals surface area contributed by atoms with Crippen molar-refractivity contribution in [1.82, 2.24) is 5.32 Å². The van der Waals surface area contributed by atoms with Crippen LogP contribution in [0.3, 0.4) is 0 Å². The maximum atomic E-state index is 13.1. The molecule has 0 atom stereocenters. The fourth-order valence-electron chi connectivity index (χ4n) is 3.07. The van der Waals surface area contributed by atoms with Gasteiger partial charge in [0.15, 0.2) is 0 Å². The lowest BCUT2D eigenvalue weighted by molar-refractivity contribution is -0.119. The Labute approximate surface area is 155 Å². The van der Waals surface area contributed by atoms with E-state index in [0.717, 1.165) is 17.5 Å². The van der Waals surface area contributed by atoms with E-state index in [0.29, 0.717) is 23.7 Å². The normalized spacial score (nSPS) is 14.7. The lowest BCUT2D eigenvalue weighted by Gasteiger charge is -2.32. The van der Waals surface area contributed by atoms with Crippen molar-refractivity contribution in [3.8, 4) is 11.1 Å². The molecule has 0 spiro atoms. The number of carbonyl (C=O) groups excluding carboxylic acids is 1. The highest BCUT2D eigenvalue weighted by molar-refractivity contribution is 7.93. The zero-order valence-corrected chi connectivity index (χ0v) is 16.1. The number of anilines is 1. The number of hydrogen-bond donors (Lipinski definition) is 1. The van der Waals surface area contributed by atoms with Crippen LogP contribution < -0.4 is 9.62 Å². The number of rotatable bonds is 5.